The van der Waals surface area contributed by atoms with E-state index < -0.39 is 17.6 Å². The average Bonchev–Trinajstić information content (AvgIpc) is 3.41. The van der Waals surface area contributed by atoms with E-state index in [1.165, 1.54) is 23.0 Å². The third kappa shape index (κ3) is 5.43. The van der Waals surface area contributed by atoms with Crippen molar-refractivity contribution in [2.45, 2.75) is 12.7 Å². The fourth-order valence-corrected chi connectivity index (χ4v) is 4.72. The van der Waals surface area contributed by atoms with Crippen molar-refractivity contribution < 1.29 is 28.2 Å². The Hall–Kier alpha value is -3.66. The van der Waals surface area contributed by atoms with Crippen LogP contribution in [0.5, 0.6) is 0 Å². The van der Waals surface area contributed by atoms with E-state index in [2.05, 4.69) is 10.1 Å². The molecule has 0 saturated carbocycles. The first-order valence-corrected chi connectivity index (χ1v) is 11.6. The van der Waals surface area contributed by atoms with Crippen LogP contribution in [0, 0.1) is 11.3 Å². The molecular formula is C24H20F3N5O3S. The van der Waals surface area contributed by atoms with Crippen LogP contribution in [0.3, 0.4) is 0 Å². The van der Waals surface area contributed by atoms with Gasteiger partial charge in [-0.2, -0.15) is 28.5 Å². The van der Waals surface area contributed by atoms with Crippen LogP contribution in [0.4, 0.5) is 13.2 Å². The summed E-state index contributed by atoms with van der Waals surface area (Å²) < 4.78 is 42.1. The van der Waals surface area contributed by atoms with Gasteiger partial charge in [0.05, 0.1) is 53.6 Å². The maximum atomic E-state index is 13.5. The Morgan fingerprint density at radius 2 is 1.89 bits per heavy atom. The third-order valence-corrected chi connectivity index (χ3v) is 6.49. The van der Waals surface area contributed by atoms with Gasteiger partial charge in [0.15, 0.2) is 5.17 Å². The first-order valence-electron chi connectivity index (χ1n) is 10.8. The molecule has 0 saturated heterocycles. The first kappa shape index (κ1) is 25.4. The number of hydrogen-bond donors (Lipinski definition) is 2. The van der Waals surface area contributed by atoms with Crippen LogP contribution in [-0.2, 0) is 17.5 Å². The summed E-state index contributed by atoms with van der Waals surface area (Å²) in [7, 11) is 0. The molecular weight excluding hydrogens is 495 g/mol. The monoisotopic (exact) mass is 515 g/mol. The Morgan fingerprint density at radius 1 is 1.14 bits per heavy atom. The minimum atomic E-state index is -4.61. The number of aliphatic hydroxyl groups excluding tert-OH is 2. The van der Waals surface area contributed by atoms with E-state index in [0.717, 1.165) is 17.8 Å². The Bertz CT molecular complexity index is 1400. The Morgan fingerprint density at radius 3 is 2.56 bits per heavy atom. The van der Waals surface area contributed by atoms with Crippen LogP contribution >= 0.6 is 11.8 Å². The van der Waals surface area contributed by atoms with Gasteiger partial charge in [-0.25, -0.2) is 0 Å². The van der Waals surface area contributed by atoms with Crippen molar-refractivity contribution in [1.82, 2.24) is 14.7 Å². The predicted molar refractivity (Wildman–Crippen MR) is 129 cm³/mol. The number of thioether (sulfide) groups is 1. The van der Waals surface area contributed by atoms with Crippen LogP contribution in [0.25, 0.3) is 17.0 Å². The summed E-state index contributed by atoms with van der Waals surface area (Å²) in [5.74, 6) is -0.438. The summed E-state index contributed by atoms with van der Waals surface area (Å²) in [5.41, 5.74) is 0.325. The number of aromatic nitrogens is 2. The van der Waals surface area contributed by atoms with E-state index in [4.69, 9.17) is 5.26 Å². The number of carbonyl (C=O) groups is 1. The van der Waals surface area contributed by atoms with Gasteiger partial charge in [-0.3, -0.25) is 9.48 Å². The number of carbonyl (C=O) groups excluding carboxylic acids is 1. The van der Waals surface area contributed by atoms with Gasteiger partial charge < -0.3 is 15.1 Å². The van der Waals surface area contributed by atoms with Crippen molar-refractivity contribution in [2.24, 2.45) is 4.99 Å². The molecule has 0 unspecified atom stereocenters. The molecule has 186 valence electrons. The number of nitriles is 1. The van der Waals surface area contributed by atoms with Crippen molar-refractivity contribution in [3.8, 4) is 6.07 Å². The zero-order valence-corrected chi connectivity index (χ0v) is 19.6. The molecule has 2 aromatic carbocycles. The van der Waals surface area contributed by atoms with Gasteiger partial charge in [-0.15, -0.1) is 0 Å². The second kappa shape index (κ2) is 10.5. The Balaban J connectivity index is 1.58. The van der Waals surface area contributed by atoms with Gasteiger partial charge in [0.25, 0.3) is 5.91 Å². The van der Waals surface area contributed by atoms with Gasteiger partial charge >= 0.3 is 6.18 Å². The highest BCUT2D eigenvalue weighted by Gasteiger charge is 2.34. The van der Waals surface area contributed by atoms with Gasteiger partial charge in [-0.1, -0.05) is 12.1 Å². The number of amides is 1. The molecule has 2 N–H and O–H groups in total. The Labute approximate surface area is 208 Å². The molecule has 1 amide bonds. The van der Waals surface area contributed by atoms with Gasteiger partial charge in [0.2, 0.25) is 0 Å². The molecule has 8 nitrogen and oxygen atoms in total. The highest BCUT2D eigenvalue weighted by atomic mass is 32.2. The smallest absolute Gasteiger partial charge is 0.395 e. The fourth-order valence-electron chi connectivity index (χ4n) is 3.76. The summed E-state index contributed by atoms with van der Waals surface area (Å²) in [6.07, 6.45) is -1.43. The number of hydrogen-bond acceptors (Lipinski definition) is 7. The molecule has 2 heterocycles. The molecule has 12 heteroatoms. The summed E-state index contributed by atoms with van der Waals surface area (Å²) in [6, 6.07) is 10.4. The standard InChI is InChI=1S/C24H20F3N5O3S/c25-24(26,27)19-10-16(12-28)1-3-17(19)14-32-20-4-2-15(9-18(20)13-29-32)11-21-22(35)30-23(36-21)31(5-7-33)6-8-34/h1-4,9-11,13,33-34H,5-8,14H2/b21-11+. The number of alkyl halides is 3. The van der Waals surface area contributed by atoms with Crippen LogP contribution in [0.1, 0.15) is 22.3 Å². The number of aliphatic hydroxyl groups is 2. The number of amidine groups is 1. The minimum Gasteiger partial charge on any atom is -0.395 e. The first-order chi connectivity index (χ1) is 17.2. The predicted octanol–water partition coefficient (Wildman–Crippen LogP) is 3.23. The molecule has 36 heavy (non-hydrogen) atoms. The number of rotatable bonds is 7. The van der Waals surface area contributed by atoms with E-state index in [9.17, 15) is 28.2 Å². The lowest BCUT2D eigenvalue weighted by atomic mass is 10.0. The van der Waals surface area contributed by atoms with E-state index >= 15 is 0 Å². The van der Waals surface area contributed by atoms with Crippen molar-refractivity contribution in [3.63, 3.8) is 0 Å². The molecule has 0 aliphatic carbocycles. The lowest BCUT2D eigenvalue weighted by molar-refractivity contribution is -0.138. The van der Waals surface area contributed by atoms with Crippen molar-refractivity contribution >= 4 is 39.8 Å². The molecule has 1 aliphatic heterocycles. The maximum absolute atomic E-state index is 13.5. The van der Waals surface area contributed by atoms with Crippen molar-refractivity contribution in [2.75, 3.05) is 26.3 Å². The lowest BCUT2D eigenvalue weighted by Gasteiger charge is -2.20. The largest absolute Gasteiger partial charge is 0.416 e. The highest BCUT2D eigenvalue weighted by molar-refractivity contribution is 8.18. The van der Waals surface area contributed by atoms with Crippen LogP contribution in [0.15, 0.2) is 52.5 Å². The van der Waals surface area contributed by atoms with E-state index in [0.29, 0.717) is 26.5 Å². The summed E-state index contributed by atoms with van der Waals surface area (Å²) >= 11 is 1.14. The summed E-state index contributed by atoms with van der Waals surface area (Å²) in [6.45, 7) is 0.0170. The zero-order valence-electron chi connectivity index (χ0n) is 18.7. The number of benzene rings is 2. The van der Waals surface area contributed by atoms with Crippen LogP contribution in [-0.4, -0.2) is 62.3 Å². The van der Waals surface area contributed by atoms with Crippen molar-refractivity contribution in [1.29, 1.82) is 5.26 Å². The topological polar surface area (TPSA) is 115 Å². The third-order valence-electron chi connectivity index (χ3n) is 5.45. The fraction of sp³-hybridized carbons (Fsp3) is 0.250. The van der Waals surface area contributed by atoms with Crippen LogP contribution in [0.2, 0.25) is 0 Å². The van der Waals surface area contributed by atoms with Crippen molar-refractivity contribution in [3.05, 3.63) is 69.8 Å². The summed E-state index contributed by atoms with van der Waals surface area (Å²) in [4.78, 5) is 18.4. The quantitative estimate of drug-likeness (QED) is 0.465. The number of nitrogens with zero attached hydrogens (tertiary/aromatic N) is 5. The number of aliphatic imine (C=N–C) groups is 1. The minimum absolute atomic E-state index is 0.00867. The van der Waals surface area contributed by atoms with Gasteiger partial charge in [-0.05, 0) is 53.2 Å². The second-order valence-electron chi connectivity index (χ2n) is 7.85. The average molecular weight is 516 g/mol. The SMILES string of the molecule is N#Cc1ccc(Cn2ncc3cc(/C=C4/SC(N(CCO)CCO)=NC4=O)ccc32)c(C(F)(F)F)c1. The van der Waals surface area contributed by atoms with E-state index in [1.54, 1.807) is 35.2 Å². The lowest BCUT2D eigenvalue weighted by Crippen LogP contribution is -2.33. The molecule has 0 bridgehead atoms. The summed E-state index contributed by atoms with van der Waals surface area (Å²) in [5, 5.41) is 32.7. The zero-order chi connectivity index (χ0) is 25.9. The molecule has 1 aliphatic rings. The molecule has 0 spiro atoms. The van der Waals surface area contributed by atoms with Gasteiger partial charge in [0.1, 0.15) is 0 Å². The Kier molecular flexibility index (Phi) is 7.44. The normalized spacial score (nSPS) is 14.9. The number of halogens is 3. The highest BCUT2D eigenvalue weighted by Crippen LogP contribution is 2.34. The molecule has 4 rings (SSSR count). The molecule has 1 aromatic heterocycles. The molecule has 0 fully saturated rings. The van der Waals surface area contributed by atoms with E-state index in [1.807, 2.05) is 0 Å². The van der Waals surface area contributed by atoms with Crippen LogP contribution < -0.4 is 0 Å². The second-order valence-corrected chi connectivity index (χ2v) is 8.86. The molecule has 3 aromatic rings. The van der Waals surface area contributed by atoms with Gasteiger partial charge in [0, 0.05) is 18.5 Å². The van der Waals surface area contributed by atoms with E-state index in [-0.39, 0.29) is 44.0 Å². The molecule has 0 atom stereocenters. The number of fused-ring (bicyclic) bond motifs is 1. The molecule has 0 radical (unpaired) electrons. The maximum Gasteiger partial charge on any atom is 0.416 e.